The number of hydrogen-bond acceptors (Lipinski definition) is 4. The summed E-state index contributed by atoms with van der Waals surface area (Å²) in [4.78, 5) is 29.1. The van der Waals surface area contributed by atoms with E-state index >= 15 is 0 Å². The lowest BCUT2D eigenvalue weighted by atomic mass is 10.1. The van der Waals surface area contributed by atoms with Gasteiger partial charge in [0.1, 0.15) is 5.69 Å². The van der Waals surface area contributed by atoms with Gasteiger partial charge in [0, 0.05) is 18.4 Å². The molecule has 0 atom stereocenters. The Hall–Kier alpha value is -2.41. The Labute approximate surface area is 140 Å². The lowest BCUT2D eigenvalue weighted by Gasteiger charge is -2.26. The van der Waals surface area contributed by atoms with E-state index in [4.69, 9.17) is 0 Å². The van der Waals surface area contributed by atoms with Gasteiger partial charge in [-0.3, -0.25) is 14.3 Å². The molecule has 0 unspecified atom stereocenters. The van der Waals surface area contributed by atoms with Gasteiger partial charge in [0.25, 0.3) is 11.5 Å². The third-order valence-electron chi connectivity index (χ3n) is 4.29. The minimum absolute atomic E-state index is 0.242. The molecule has 0 radical (unpaired) electrons. The summed E-state index contributed by atoms with van der Waals surface area (Å²) < 4.78 is 1.78. The summed E-state index contributed by atoms with van der Waals surface area (Å²) in [7, 11) is 0. The van der Waals surface area contributed by atoms with E-state index in [1.54, 1.807) is 29.9 Å². The Balaban J connectivity index is 1.57. The lowest BCUT2D eigenvalue weighted by molar-refractivity contribution is 0.102. The van der Waals surface area contributed by atoms with Gasteiger partial charge < -0.3 is 15.2 Å². The molecule has 3 heterocycles. The fourth-order valence-corrected chi connectivity index (χ4v) is 2.90. The van der Waals surface area contributed by atoms with Crippen LogP contribution in [0.3, 0.4) is 0 Å². The summed E-state index contributed by atoms with van der Waals surface area (Å²) in [6, 6.07) is 3.35. The number of piperidine rings is 1. The van der Waals surface area contributed by atoms with Gasteiger partial charge in [-0.05, 0) is 45.0 Å². The second kappa shape index (κ2) is 7.44. The van der Waals surface area contributed by atoms with Gasteiger partial charge in [-0.25, -0.2) is 0 Å². The van der Waals surface area contributed by atoms with Crippen LogP contribution in [0, 0.1) is 6.92 Å². The molecule has 2 aromatic heterocycles. The number of pyridine rings is 1. The van der Waals surface area contributed by atoms with E-state index in [0.29, 0.717) is 5.56 Å². The predicted octanol–water partition coefficient (Wildman–Crippen LogP) is 1.62. The molecule has 0 aliphatic carbocycles. The SMILES string of the molecule is Cc1ccc(NC(=O)c2cnn(CCN3CCCCC3)c2)c(=O)[nH]1. The van der Waals surface area contributed by atoms with Crippen LogP contribution in [0.2, 0.25) is 0 Å². The maximum Gasteiger partial charge on any atom is 0.271 e. The summed E-state index contributed by atoms with van der Waals surface area (Å²) in [5, 5.41) is 6.87. The average molecular weight is 329 g/mol. The quantitative estimate of drug-likeness (QED) is 0.873. The molecule has 3 rings (SSSR count). The maximum absolute atomic E-state index is 12.2. The zero-order valence-corrected chi connectivity index (χ0v) is 13.9. The van der Waals surface area contributed by atoms with Crippen molar-refractivity contribution in [2.75, 3.05) is 25.0 Å². The van der Waals surface area contributed by atoms with Crippen LogP contribution in [0.15, 0.2) is 29.3 Å². The summed E-state index contributed by atoms with van der Waals surface area (Å²) >= 11 is 0. The van der Waals surface area contributed by atoms with E-state index in [9.17, 15) is 9.59 Å². The molecule has 1 saturated heterocycles. The van der Waals surface area contributed by atoms with Crippen molar-refractivity contribution in [2.24, 2.45) is 0 Å². The van der Waals surface area contributed by atoms with Crippen LogP contribution >= 0.6 is 0 Å². The summed E-state index contributed by atoms with van der Waals surface area (Å²) in [6.07, 6.45) is 7.10. The van der Waals surface area contributed by atoms with E-state index in [1.807, 2.05) is 0 Å². The smallest absolute Gasteiger partial charge is 0.271 e. The highest BCUT2D eigenvalue weighted by Crippen LogP contribution is 2.09. The largest absolute Gasteiger partial charge is 0.325 e. The van der Waals surface area contributed by atoms with Crippen LogP contribution < -0.4 is 10.9 Å². The first kappa shape index (κ1) is 16.4. The third-order valence-corrected chi connectivity index (χ3v) is 4.29. The second-order valence-electron chi connectivity index (χ2n) is 6.23. The number of H-pyrrole nitrogens is 1. The zero-order chi connectivity index (χ0) is 16.9. The number of aryl methyl sites for hydroxylation is 1. The molecule has 24 heavy (non-hydrogen) atoms. The van der Waals surface area contributed by atoms with Gasteiger partial charge in [-0.15, -0.1) is 0 Å². The van der Waals surface area contributed by atoms with E-state index in [0.717, 1.165) is 31.9 Å². The standard InChI is InChI=1S/C17H23N5O2/c1-13-5-6-15(17(24)19-13)20-16(23)14-11-18-22(12-14)10-9-21-7-3-2-4-8-21/h5-6,11-12H,2-4,7-10H2,1H3,(H,19,24)(H,20,23). The number of carbonyl (C=O) groups is 1. The number of aromatic amines is 1. The van der Waals surface area contributed by atoms with Gasteiger partial charge in [-0.1, -0.05) is 6.42 Å². The molecule has 0 spiro atoms. The highest BCUT2D eigenvalue weighted by atomic mass is 16.2. The first-order valence-electron chi connectivity index (χ1n) is 8.38. The number of amides is 1. The normalized spacial score (nSPS) is 15.4. The van der Waals surface area contributed by atoms with Gasteiger partial charge in [0.05, 0.1) is 18.3 Å². The van der Waals surface area contributed by atoms with Crippen LogP contribution in [-0.2, 0) is 6.54 Å². The highest BCUT2D eigenvalue weighted by Gasteiger charge is 2.13. The number of likely N-dealkylation sites (tertiary alicyclic amines) is 1. The summed E-state index contributed by atoms with van der Waals surface area (Å²) in [5.41, 5.74) is 1.14. The molecule has 2 N–H and O–H groups in total. The summed E-state index contributed by atoms with van der Waals surface area (Å²) in [5.74, 6) is -0.325. The van der Waals surface area contributed by atoms with Crippen molar-refractivity contribution in [1.82, 2.24) is 19.7 Å². The molecule has 7 nitrogen and oxygen atoms in total. The van der Waals surface area contributed by atoms with Crippen molar-refractivity contribution < 1.29 is 4.79 Å². The topological polar surface area (TPSA) is 83.0 Å². The highest BCUT2D eigenvalue weighted by molar-refractivity contribution is 6.03. The molecule has 0 bridgehead atoms. The molecule has 1 aliphatic rings. The van der Waals surface area contributed by atoms with Crippen LogP contribution in [-0.4, -0.2) is 45.2 Å². The fraction of sp³-hybridized carbons (Fsp3) is 0.471. The number of hydrogen-bond donors (Lipinski definition) is 2. The van der Waals surface area contributed by atoms with E-state index in [1.165, 1.54) is 25.5 Å². The monoisotopic (exact) mass is 329 g/mol. The Morgan fingerprint density at radius 3 is 2.79 bits per heavy atom. The molecule has 0 aromatic carbocycles. The summed E-state index contributed by atoms with van der Waals surface area (Å²) in [6.45, 7) is 5.79. The van der Waals surface area contributed by atoms with E-state index in [-0.39, 0.29) is 17.2 Å². The predicted molar refractivity (Wildman–Crippen MR) is 92.3 cm³/mol. The minimum Gasteiger partial charge on any atom is -0.325 e. The number of nitrogens with zero attached hydrogens (tertiary/aromatic N) is 3. The van der Waals surface area contributed by atoms with Crippen LogP contribution in [0.25, 0.3) is 0 Å². The van der Waals surface area contributed by atoms with Crippen molar-refractivity contribution in [3.05, 3.63) is 46.1 Å². The third kappa shape index (κ3) is 4.11. The van der Waals surface area contributed by atoms with Crippen molar-refractivity contribution in [2.45, 2.75) is 32.7 Å². The van der Waals surface area contributed by atoms with E-state index in [2.05, 4.69) is 20.3 Å². The lowest BCUT2D eigenvalue weighted by Crippen LogP contribution is -2.32. The van der Waals surface area contributed by atoms with E-state index < -0.39 is 0 Å². The van der Waals surface area contributed by atoms with Crippen LogP contribution in [0.1, 0.15) is 35.3 Å². The second-order valence-corrected chi connectivity index (χ2v) is 6.23. The molecule has 2 aromatic rings. The first-order valence-corrected chi connectivity index (χ1v) is 8.38. The number of anilines is 1. The molecular formula is C17H23N5O2. The van der Waals surface area contributed by atoms with Gasteiger partial charge in [0.15, 0.2) is 0 Å². The average Bonchev–Trinajstić information content (AvgIpc) is 3.05. The number of aromatic nitrogens is 3. The first-order chi connectivity index (χ1) is 11.6. The van der Waals surface area contributed by atoms with Gasteiger partial charge in [-0.2, -0.15) is 5.10 Å². The van der Waals surface area contributed by atoms with Crippen LogP contribution in [0.5, 0.6) is 0 Å². The Kier molecular flexibility index (Phi) is 5.10. The molecule has 1 aliphatic heterocycles. The van der Waals surface area contributed by atoms with Crippen molar-refractivity contribution in [3.8, 4) is 0 Å². The molecular weight excluding hydrogens is 306 g/mol. The van der Waals surface area contributed by atoms with Gasteiger partial charge >= 0.3 is 0 Å². The number of nitrogens with one attached hydrogen (secondary N) is 2. The fourth-order valence-electron chi connectivity index (χ4n) is 2.90. The van der Waals surface area contributed by atoms with Crippen LogP contribution in [0.4, 0.5) is 5.69 Å². The zero-order valence-electron chi connectivity index (χ0n) is 13.9. The molecule has 0 saturated carbocycles. The van der Waals surface area contributed by atoms with Gasteiger partial charge in [0.2, 0.25) is 0 Å². The van der Waals surface area contributed by atoms with Crippen molar-refractivity contribution >= 4 is 11.6 Å². The Bertz CT molecular complexity index is 758. The Morgan fingerprint density at radius 2 is 2.04 bits per heavy atom. The number of rotatable bonds is 5. The molecule has 1 amide bonds. The van der Waals surface area contributed by atoms with Crippen molar-refractivity contribution in [3.63, 3.8) is 0 Å². The minimum atomic E-state index is -0.325. The molecule has 128 valence electrons. The number of carbonyl (C=O) groups excluding carboxylic acids is 1. The maximum atomic E-state index is 12.2. The molecule has 7 heteroatoms. The Morgan fingerprint density at radius 1 is 1.25 bits per heavy atom. The molecule has 1 fully saturated rings. The van der Waals surface area contributed by atoms with Crippen molar-refractivity contribution in [1.29, 1.82) is 0 Å².